The molecule has 1 aromatic heterocycles. The van der Waals surface area contributed by atoms with Crippen LogP contribution in [0.3, 0.4) is 0 Å². The summed E-state index contributed by atoms with van der Waals surface area (Å²) in [5.74, 6) is -0.124. The smallest absolute Gasteiger partial charge is 0.345 e. The van der Waals surface area contributed by atoms with Crippen molar-refractivity contribution in [3.8, 4) is 0 Å². The van der Waals surface area contributed by atoms with E-state index in [9.17, 15) is 19.6 Å². The number of morpholine rings is 1. The summed E-state index contributed by atoms with van der Waals surface area (Å²) in [6.45, 7) is 2.79. The first-order valence-electron chi connectivity index (χ1n) is 10.9. The maximum Gasteiger partial charge on any atom is 0.345 e. The van der Waals surface area contributed by atoms with Crippen molar-refractivity contribution in [1.82, 2.24) is 4.73 Å². The molecule has 2 heterocycles. The molecule has 2 aromatic carbocycles. The van der Waals surface area contributed by atoms with Crippen LogP contribution < -0.4 is 26.2 Å². The first-order chi connectivity index (χ1) is 17.3. The van der Waals surface area contributed by atoms with E-state index in [4.69, 9.17) is 16.3 Å². The van der Waals surface area contributed by atoms with Crippen molar-refractivity contribution in [1.29, 1.82) is 0 Å². The highest BCUT2D eigenvalue weighted by Crippen LogP contribution is 2.25. The molecule has 0 saturated carbocycles. The molecule has 186 valence electrons. The van der Waals surface area contributed by atoms with Gasteiger partial charge in [-0.25, -0.2) is 9.59 Å². The van der Waals surface area contributed by atoms with Crippen LogP contribution >= 0.6 is 11.6 Å². The number of nitrogens with zero attached hydrogens (tertiary/aromatic N) is 3. The molecule has 4 N–H and O–H groups in total. The molecule has 11 nitrogen and oxygen atoms in total. The van der Waals surface area contributed by atoms with E-state index in [1.165, 1.54) is 18.5 Å². The molecule has 1 saturated heterocycles. The Labute approximate surface area is 210 Å². The number of hydrogen-bond donors (Lipinski definition) is 4. The Bertz CT molecular complexity index is 1370. The van der Waals surface area contributed by atoms with Crippen LogP contribution in [-0.4, -0.2) is 47.7 Å². The number of aromatic nitrogens is 1. The zero-order valence-electron chi connectivity index (χ0n) is 19.2. The van der Waals surface area contributed by atoms with Crippen molar-refractivity contribution in [2.75, 3.05) is 40.6 Å². The number of urea groups is 2. The van der Waals surface area contributed by atoms with E-state index in [0.717, 1.165) is 16.0 Å². The fourth-order valence-corrected chi connectivity index (χ4v) is 3.69. The molecule has 36 heavy (non-hydrogen) atoms. The third-order valence-corrected chi connectivity index (χ3v) is 5.47. The molecule has 0 unspecified atom stereocenters. The van der Waals surface area contributed by atoms with Gasteiger partial charge in [0, 0.05) is 34.8 Å². The third kappa shape index (κ3) is 6.20. The molecule has 1 fully saturated rings. The van der Waals surface area contributed by atoms with E-state index in [-0.39, 0.29) is 23.6 Å². The summed E-state index contributed by atoms with van der Waals surface area (Å²) in [6, 6.07) is 11.7. The molecular formula is C24H23ClN6O5. The summed E-state index contributed by atoms with van der Waals surface area (Å²) in [5.41, 5.74) is 2.61. The zero-order chi connectivity index (χ0) is 25.7. The highest BCUT2D eigenvalue weighted by atomic mass is 35.5. The van der Waals surface area contributed by atoms with E-state index in [1.54, 1.807) is 47.4 Å². The molecule has 0 atom stereocenters. The van der Waals surface area contributed by atoms with Crippen LogP contribution in [0.2, 0.25) is 5.02 Å². The summed E-state index contributed by atoms with van der Waals surface area (Å²) in [6.07, 6.45) is 2.47. The minimum atomic E-state index is -0.680. The molecule has 5 amide bonds. The second kappa shape index (κ2) is 10.9. The van der Waals surface area contributed by atoms with Gasteiger partial charge >= 0.3 is 12.1 Å². The van der Waals surface area contributed by atoms with Gasteiger partial charge in [0.25, 0.3) is 5.91 Å². The Balaban J connectivity index is 1.47. The minimum Gasteiger partial charge on any atom is -0.429 e. The van der Waals surface area contributed by atoms with Gasteiger partial charge in [-0.15, -0.1) is 0 Å². The van der Waals surface area contributed by atoms with Crippen molar-refractivity contribution in [3.63, 3.8) is 0 Å². The number of nitrogens with one attached hydrogen (secondary N) is 3. The van der Waals surface area contributed by atoms with Gasteiger partial charge in [0.2, 0.25) is 0 Å². The fraction of sp³-hybridized carbons (Fsp3) is 0.167. The SMILES string of the molecule is Cc1cc(NC(=O)Nc2cn(O)cc/c2=N/C(=O)Nc2ccc(Cl)cc2)ccc1N1CCOCC1=O. The molecule has 0 bridgehead atoms. The number of halogens is 1. The molecule has 0 radical (unpaired) electrons. The zero-order valence-corrected chi connectivity index (χ0v) is 20.0. The first kappa shape index (κ1) is 24.8. The summed E-state index contributed by atoms with van der Waals surface area (Å²) in [5, 5.41) is 18.3. The van der Waals surface area contributed by atoms with Crippen LogP contribution in [0.4, 0.5) is 32.3 Å². The predicted octanol–water partition coefficient (Wildman–Crippen LogP) is 3.83. The maximum atomic E-state index is 12.7. The number of carbonyl (C=O) groups is 3. The van der Waals surface area contributed by atoms with E-state index in [1.807, 2.05) is 6.92 Å². The number of anilines is 4. The van der Waals surface area contributed by atoms with Crippen LogP contribution in [0, 0.1) is 6.92 Å². The highest BCUT2D eigenvalue weighted by molar-refractivity contribution is 6.30. The number of aryl methyl sites for hydroxylation is 1. The van der Waals surface area contributed by atoms with Crippen LogP contribution in [0.25, 0.3) is 0 Å². The summed E-state index contributed by atoms with van der Waals surface area (Å²) < 4.78 is 5.89. The molecule has 0 spiro atoms. The van der Waals surface area contributed by atoms with Gasteiger partial charge in [-0.1, -0.05) is 11.6 Å². The maximum absolute atomic E-state index is 12.7. The van der Waals surface area contributed by atoms with Gasteiger partial charge in [0.05, 0.1) is 23.8 Å². The van der Waals surface area contributed by atoms with Gasteiger partial charge in [0.15, 0.2) is 0 Å². The average Bonchev–Trinajstić information content (AvgIpc) is 2.83. The number of hydrogen-bond acceptors (Lipinski definition) is 5. The molecule has 1 aliphatic heterocycles. The Morgan fingerprint density at radius 1 is 1.06 bits per heavy atom. The van der Waals surface area contributed by atoms with Crippen LogP contribution in [0.1, 0.15) is 5.56 Å². The third-order valence-electron chi connectivity index (χ3n) is 5.22. The standard InChI is InChI=1S/C24H23ClN6O5/c1-15-12-18(6-7-21(15)31-10-11-36-14-22(31)32)27-24(34)29-20-13-30(35)9-8-19(20)28-23(33)26-17-4-2-16(25)3-5-17/h2-9,12-13,35H,10-11,14H2,1H3,(H,26,33)(H2,27,29,34)/b28-19-. The molecule has 0 aliphatic carbocycles. The van der Waals surface area contributed by atoms with E-state index in [2.05, 4.69) is 20.9 Å². The van der Waals surface area contributed by atoms with E-state index >= 15 is 0 Å². The van der Waals surface area contributed by atoms with Crippen LogP contribution in [0.15, 0.2) is 65.9 Å². The highest BCUT2D eigenvalue weighted by Gasteiger charge is 2.21. The van der Waals surface area contributed by atoms with Crippen molar-refractivity contribution in [3.05, 3.63) is 76.9 Å². The Kier molecular flexibility index (Phi) is 7.52. The van der Waals surface area contributed by atoms with Crippen molar-refractivity contribution in [2.45, 2.75) is 6.92 Å². The quantitative estimate of drug-likeness (QED) is 0.395. The van der Waals surface area contributed by atoms with Crippen molar-refractivity contribution >= 4 is 52.3 Å². The normalized spacial score (nSPS) is 13.9. The van der Waals surface area contributed by atoms with Crippen molar-refractivity contribution < 1.29 is 24.3 Å². The minimum absolute atomic E-state index is 0.0366. The predicted molar refractivity (Wildman–Crippen MR) is 135 cm³/mol. The van der Waals surface area contributed by atoms with Crippen LogP contribution in [-0.2, 0) is 9.53 Å². The molecular weight excluding hydrogens is 488 g/mol. The van der Waals surface area contributed by atoms with Crippen molar-refractivity contribution in [2.24, 2.45) is 4.99 Å². The fourth-order valence-electron chi connectivity index (χ4n) is 3.56. The van der Waals surface area contributed by atoms with Gasteiger partial charge in [0.1, 0.15) is 6.61 Å². The lowest BCUT2D eigenvalue weighted by Gasteiger charge is -2.28. The first-order valence-corrected chi connectivity index (χ1v) is 11.3. The topological polar surface area (TPSA) is 137 Å². The summed E-state index contributed by atoms with van der Waals surface area (Å²) in [4.78, 5) is 42.7. The number of carbonyl (C=O) groups excluding carboxylic acids is 3. The Hall–Kier alpha value is -4.35. The molecule has 12 heteroatoms. The average molecular weight is 511 g/mol. The summed E-state index contributed by atoms with van der Waals surface area (Å²) in [7, 11) is 0. The Morgan fingerprint density at radius 3 is 2.53 bits per heavy atom. The monoisotopic (exact) mass is 510 g/mol. The number of amides is 5. The number of benzene rings is 2. The van der Waals surface area contributed by atoms with Gasteiger partial charge in [-0.05, 0) is 61.0 Å². The molecule has 4 rings (SSSR count). The molecule has 1 aliphatic rings. The number of pyridine rings is 1. The summed E-state index contributed by atoms with van der Waals surface area (Å²) >= 11 is 5.85. The van der Waals surface area contributed by atoms with E-state index < -0.39 is 12.1 Å². The lowest BCUT2D eigenvalue weighted by Crippen LogP contribution is -2.42. The largest absolute Gasteiger partial charge is 0.429 e. The molecule has 3 aromatic rings. The number of rotatable bonds is 4. The van der Waals surface area contributed by atoms with E-state index in [0.29, 0.717) is 29.5 Å². The van der Waals surface area contributed by atoms with Crippen LogP contribution in [0.5, 0.6) is 0 Å². The van der Waals surface area contributed by atoms with Gasteiger partial charge in [-0.2, -0.15) is 9.72 Å². The lowest BCUT2D eigenvalue weighted by atomic mass is 10.1. The Morgan fingerprint density at radius 2 is 1.81 bits per heavy atom. The number of ether oxygens (including phenoxy) is 1. The second-order valence-electron chi connectivity index (χ2n) is 7.85. The second-order valence-corrected chi connectivity index (χ2v) is 8.29. The lowest BCUT2D eigenvalue weighted by molar-refractivity contribution is -0.125. The van der Waals surface area contributed by atoms with Gasteiger partial charge in [-0.3, -0.25) is 4.79 Å². The van der Waals surface area contributed by atoms with Gasteiger partial charge < -0.3 is 30.8 Å².